The fraction of sp³-hybridized carbons (Fsp3) is 0.190. The summed E-state index contributed by atoms with van der Waals surface area (Å²) in [4.78, 5) is 25.8. The van der Waals surface area contributed by atoms with Gasteiger partial charge >= 0.3 is 51.4 Å². The Labute approximate surface area is 251 Å². The van der Waals surface area contributed by atoms with E-state index in [0.717, 1.165) is 16.9 Å². The molecule has 0 bridgehead atoms. The van der Waals surface area contributed by atoms with E-state index in [9.17, 15) is 14.7 Å². The number of rotatable bonds is 8. The Morgan fingerprint density at radius 1 is 1.12 bits per heavy atom. The number of carbonyl (C=O) groups excluding carboxylic acids is 2. The number of hydrogen-bond acceptors (Lipinski definition) is 7. The quantitative estimate of drug-likeness (QED) is 0.167. The van der Waals surface area contributed by atoms with Gasteiger partial charge in [-0.25, -0.2) is 5.43 Å². The zero-order valence-electron chi connectivity index (χ0n) is 17.1. The molecular formula is C21H20Cl2KN3O4S2. The van der Waals surface area contributed by atoms with Crippen LogP contribution in [0.2, 0.25) is 10.0 Å². The van der Waals surface area contributed by atoms with Crippen molar-refractivity contribution in [2.75, 3.05) is 20.3 Å². The van der Waals surface area contributed by atoms with Crippen LogP contribution >= 0.6 is 45.9 Å². The fourth-order valence-electron chi connectivity index (χ4n) is 2.64. The van der Waals surface area contributed by atoms with Crippen LogP contribution in [0.15, 0.2) is 40.8 Å². The molecule has 0 saturated heterocycles. The molecule has 170 valence electrons. The Morgan fingerprint density at radius 3 is 2.48 bits per heavy atom. The second kappa shape index (κ2) is 13.3. The van der Waals surface area contributed by atoms with Crippen molar-refractivity contribution in [2.24, 2.45) is 5.10 Å². The molecule has 3 aromatic rings. The molecule has 1 aromatic carbocycles. The summed E-state index contributed by atoms with van der Waals surface area (Å²) < 4.78 is 4.89. The van der Waals surface area contributed by atoms with E-state index in [1.54, 1.807) is 49.7 Å². The van der Waals surface area contributed by atoms with Crippen molar-refractivity contribution in [1.82, 2.24) is 10.7 Å². The molecule has 2 amide bonds. The molecule has 0 spiro atoms. The first kappa shape index (κ1) is 28.4. The number of nitrogens with zero attached hydrogens (tertiary/aromatic N) is 1. The van der Waals surface area contributed by atoms with Gasteiger partial charge in [0.2, 0.25) is 0 Å². The standard InChI is InChI=1S/C21H19Cl2N3O4S2.K.H/c1-11(13-10-31-19(18(13)27)12-3-4-14(22)15(23)9-12)25-26-21(29)17-6-5-16(32-17)20(28)24-7-8-30-2;;/h3-6,9-10,27H,7-8H2,1-2H3,(H,24,28)(H,26,29);;. The molecule has 3 rings (SSSR count). The SMILES string of the molecule is COCCNC(=O)c1ccc(C(=O)NN=C(C)c2csc(-c3ccc(Cl)c(Cl)c3)c2O)s1.[KH]. The van der Waals surface area contributed by atoms with Gasteiger partial charge in [-0.05, 0) is 36.8 Å². The third-order valence-electron chi connectivity index (χ3n) is 4.31. The van der Waals surface area contributed by atoms with E-state index in [-0.39, 0.29) is 63.0 Å². The van der Waals surface area contributed by atoms with Crippen LogP contribution in [-0.4, -0.2) is 94.3 Å². The molecule has 0 saturated carbocycles. The summed E-state index contributed by atoms with van der Waals surface area (Å²) in [6.45, 7) is 2.46. The van der Waals surface area contributed by atoms with Crippen molar-refractivity contribution in [2.45, 2.75) is 6.92 Å². The van der Waals surface area contributed by atoms with Gasteiger partial charge in [0.05, 0.1) is 42.6 Å². The van der Waals surface area contributed by atoms with E-state index in [1.165, 1.54) is 11.3 Å². The summed E-state index contributed by atoms with van der Waals surface area (Å²) in [5, 5.41) is 20.0. The molecule has 0 aliphatic carbocycles. The van der Waals surface area contributed by atoms with Gasteiger partial charge in [0.25, 0.3) is 11.8 Å². The van der Waals surface area contributed by atoms with E-state index in [1.807, 2.05) is 0 Å². The second-order valence-corrected chi connectivity index (χ2v) is 9.28. The van der Waals surface area contributed by atoms with Crippen LogP contribution in [0.4, 0.5) is 0 Å². The number of amides is 2. The average molecular weight is 553 g/mol. The first-order chi connectivity index (χ1) is 15.3. The summed E-state index contributed by atoms with van der Waals surface area (Å²) >= 11 is 14.4. The number of benzene rings is 1. The predicted octanol–water partition coefficient (Wildman–Crippen LogP) is 4.37. The van der Waals surface area contributed by atoms with Crippen molar-refractivity contribution < 1.29 is 19.4 Å². The molecule has 0 aliphatic rings. The first-order valence-corrected chi connectivity index (χ1v) is 11.7. The number of nitrogens with one attached hydrogen (secondary N) is 2. The van der Waals surface area contributed by atoms with Gasteiger partial charge in [-0.2, -0.15) is 5.10 Å². The Hall–Kier alpha value is -0.794. The monoisotopic (exact) mass is 551 g/mol. The molecule has 0 atom stereocenters. The fourth-order valence-corrected chi connectivity index (χ4v) is 4.75. The van der Waals surface area contributed by atoms with Gasteiger partial charge in [-0.1, -0.05) is 29.3 Å². The minimum atomic E-state index is -0.454. The minimum absolute atomic E-state index is 0. The van der Waals surface area contributed by atoms with Crippen molar-refractivity contribution >= 4 is 115 Å². The number of hydrogen-bond donors (Lipinski definition) is 3. The molecule has 2 aromatic heterocycles. The first-order valence-electron chi connectivity index (χ1n) is 9.29. The normalized spacial score (nSPS) is 11.1. The number of carbonyl (C=O) groups is 2. The third-order valence-corrected chi connectivity index (χ3v) is 7.15. The Kier molecular flexibility index (Phi) is 11.5. The van der Waals surface area contributed by atoms with Crippen LogP contribution in [0.25, 0.3) is 10.4 Å². The predicted molar refractivity (Wildman–Crippen MR) is 137 cm³/mol. The Bertz CT molecular complexity index is 1180. The number of thiophene rings is 2. The number of ether oxygens (including phenoxy) is 1. The van der Waals surface area contributed by atoms with Crippen LogP contribution in [0, 0.1) is 0 Å². The molecule has 33 heavy (non-hydrogen) atoms. The molecule has 2 heterocycles. The van der Waals surface area contributed by atoms with Gasteiger partial charge in [0.1, 0.15) is 5.75 Å². The summed E-state index contributed by atoms with van der Waals surface area (Å²) in [6.07, 6.45) is 0. The molecule has 0 aliphatic heterocycles. The summed E-state index contributed by atoms with van der Waals surface area (Å²) in [6, 6.07) is 8.23. The number of aromatic hydroxyl groups is 1. The summed E-state index contributed by atoms with van der Waals surface area (Å²) in [7, 11) is 1.55. The molecule has 0 fully saturated rings. The van der Waals surface area contributed by atoms with Gasteiger partial charge in [-0.3, -0.25) is 9.59 Å². The van der Waals surface area contributed by atoms with Crippen LogP contribution < -0.4 is 10.7 Å². The summed E-state index contributed by atoms with van der Waals surface area (Å²) in [5.41, 5.74) is 4.09. The number of methoxy groups -OCH3 is 1. The van der Waals surface area contributed by atoms with E-state index >= 15 is 0 Å². The van der Waals surface area contributed by atoms with Crippen LogP contribution in [-0.2, 0) is 4.74 Å². The van der Waals surface area contributed by atoms with Crippen LogP contribution in [0.5, 0.6) is 5.75 Å². The molecule has 0 radical (unpaired) electrons. The molecule has 12 heteroatoms. The molecule has 0 unspecified atom stereocenters. The molecule has 3 N–H and O–H groups in total. The van der Waals surface area contributed by atoms with Gasteiger partial charge in [0.15, 0.2) is 0 Å². The number of hydrazone groups is 1. The average Bonchev–Trinajstić information content (AvgIpc) is 3.41. The van der Waals surface area contributed by atoms with Gasteiger partial charge < -0.3 is 15.2 Å². The van der Waals surface area contributed by atoms with Crippen LogP contribution in [0.1, 0.15) is 31.8 Å². The maximum atomic E-state index is 12.4. The van der Waals surface area contributed by atoms with Gasteiger partial charge in [0, 0.05) is 19.0 Å². The zero-order valence-corrected chi connectivity index (χ0v) is 20.2. The van der Waals surface area contributed by atoms with Crippen molar-refractivity contribution in [1.29, 1.82) is 0 Å². The van der Waals surface area contributed by atoms with E-state index in [4.69, 9.17) is 27.9 Å². The number of halogens is 2. The van der Waals surface area contributed by atoms with E-state index in [2.05, 4.69) is 15.8 Å². The van der Waals surface area contributed by atoms with E-state index in [0.29, 0.717) is 49.1 Å². The topological polar surface area (TPSA) is 100 Å². The third kappa shape index (κ3) is 7.34. The summed E-state index contributed by atoms with van der Waals surface area (Å²) in [5.74, 6) is -0.691. The van der Waals surface area contributed by atoms with Crippen LogP contribution in [0.3, 0.4) is 0 Å². The Balaban J connectivity index is 0.00000385. The van der Waals surface area contributed by atoms with Gasteiger partial charge in [-0.15, -0.1) is 22.7 Å². The second-order valence-electron chi connectivity index (χ2n) is 6.51. The van der Waals surface area contributed by atoms with Crippen molar-refractivity contribution in [3.63, 3.8) is 0 Å². The van der Waals surface area contributed by atoms with Crippen molar-refractivity contribution in [3.05, 3.63) is 61.1 Å². The molecular weight excluding hydrogens is 532 g/mol. The van der Waals surface area contributed by atoms with E-state index < -0.39 is 5.91 Å². The maximum absolute atomic E-state index is 12.4. The zero-order chi connectivity index (χ0) is 23.3. The van der Waals surface area contributed by atoms with Crippen molar-refractivity contribution in [3.8, 4) is 16.2 Å². The molecule has 7 nitrogen and oxygen atoms in total. The Morgan fingerprint density at radius 2 is 1.82 bits per heavy atom.